The number of ether oxygens (including phenoxy) is 3. The SMILES string of the molecule is CC(C)CC(C(=O)OCCCCOc1ccc(C(=O)Oc2ccc3ccc4c(C=O)ccc5ccc2c3c54)cc1)C(C)C. The van der Waals surface area contributed by atoms with Crippen molar-refractivity contribution in [2.45, 2.75) is 47.0 Å². The third-order valence-electron chi connectivity index (χ3n) is 7.96. The Kier molecular flexibility index (Phi) is 9.24. The minimum Gasteiger partial charge on any atom is -0.494 e. The molecule has 6 heteroatoms. The molecular weight excluding hydrogens is 540 g/mol. The number of benzene rings is 5. The Morgan fingerprint density at radius 2 is 1.37 bits per heavy atom. The molecule has 222 valence electrons. The van der Waals surface area contributed by atoms with Crippen molar-refractivity contribution in [3.63, 3.8) is 0 Å². The van der Waals surface area contributed by atoms with Crippen molar-refractivity contribution in [1.82, 2.24) is 0 Å². The Morgan fingerprint density at radius 3 is 2.05 bits per heavy atom. The summed E-state index contributed by atoms with van der Waals surface area (Å²) in [7, 11) is 0. The quantitative estimate of drug-likeness (QED) is 0.0457. The maximum absolute atomic E-state index is 13.1. The van der Waals surface area contributed by atoms with Gasteiger partial charge in [-0.05, 0) is 89.0 Å². The van der Waals surface area contributed by atoms with Gasteiger partial charge in [0.1, 0.15) is 11.5 Å². The van der Waals surface area contributed by atoms with Crippen LogP contribution in [0.5, 0.6) is 11.5 Å². The highest BCUT2D eigenvalue weighted by Crippen LogP contribution is 2.39. The molecule has 0 amide bonds. The molecule has 0 N–H and O–H groups in total. The van der Waals surface area contributed by atoms with Gasteiger partial charge in [-0.1, -0.05) is 64.1 Å². The van der Waals surface area contributed by atoms with Gasteiger partial charge >= 0.3 is 11.9 Å². The van der Waals surface area contributed by atoms with E-state index in [4.69, 9.17) is 14.2 Å². The molecule has 5 aromatic rings. The Labute approximate surface area is 252 Å². The van der Waals surface area contributed by atoms with E-state index in [0.29, 0.717) is 41.8 Å². The minimum absolute atomic E-state index is 0.0631. The second-order valence-corrected chi connectivity index (χ2v) is 11.9. The van der Waals surface area contributed by atoms with Crippen LogP contribution in [-0.4, -0.2) is 31.4 Å². The fraction of sp³-hybridized carbons (Fsp3) is 0.324. The zero-order valence-electron chi connectivity index (χ0n) is 25.2. The van der Waals surface area contributed by atoms with Gasteiger partial charge in [-0.25, -0.2) is 4.79 Å². The zero-order valence-corrected chi connectivity index (χ0v) is 25.2. The lowest BCUT2D eigenvalue weighted by Crippen LogP contribution is -2.24. The summed E-state index contributed by atoms with van der Waals surface area (Å²) in [6, 6.07) is 22.3. The Morgan fingerprint density at radius 1 is 0.744 bits per heavy atom. The van der Waals surface area contributed by atoms with E-state index in [2.05, 4.69) is 27.7 Å². The molecule has 0 saturated carbocycles. The Hall–Kier alpha value is -4.45. The lowest BCUT2D eigenvalue weighted by Gasteiger charge is -2.21. The number of carbonyl (C=O) groups is 3. The molecule has 1 atom stereocenters. The lowest BCUT2D eigenvalue weighted by molar-refractivity contribution is -0.151. The highest BCUT2D eigenvalue weighted by Gasteiger charge is 2.24. The van der Waals surface area contributed by atoms with Gasteiger partial charge in [-0.2, -0.15) is 0 Å². The molecule has 0 bridgehead atoms. The van der Waals surface area contributed by atoms with E-state index in [9.17, 15) is 14.4 Å². The van der Waals surface area contributed by atoms with Crippen LogP contribution in [0, 0.1) is 17.8 Å². The van der Waals surface area contributed by atoms with Crippen LogP contribution in [0.3, 0.4) is 0 Å². The van der Waals surface area contributed by atoms with E-state index in [-0.39, 0.29) is 17.8 Å². The first kappa shape index (κ1) is 30.0. The van der Waals surface area contributed by atoms with Crippen LogP contribution in [-0.2, 0) is 9.53 Å². The third kappa shape index (κ3) is 6.64. The predicted molar refractivity (Wildman–Crippen MR) is 170 cm³/mol. The second-order valence-electron chi connectivity index (χ2n) is 11.9. The van der Waals surface area contributed by atoms with Gasteiger partial charge in [0, 0.05) is 16.3 Å². The summed E-state index contributed by atoms with van der Waals surface area (Å²) in [6.07, 6.45) is 3.17. The molecule has 5 rings (SSSR count). The summed E-state index contributed by atoms with van der Waals surface area (Å²) >= 11 is 0. The molecule has 0 aromatic heterocycles. The van der Waals surface area contributed by atoms with Crippen LogP contribution >= 0.6 is 0 Å². The fourth-order valence-corrected chi connectivity index (χ4v) is 5.66. The topological polar surface area (TPSA) is 78.9 Å². The number of carbonyl (C=O) groups excluding carboxylic acids is 3. The lowest BCUT2D eigenvalue weighted by atomic mass is 9.88. The van der Waals surface area contributed by atoms with Gasteiger partial charge in [-0.15, -0.1) is 0 Å². The number of rotatable bonds is 13. The van der Waals surface area contributed by atoms with Gasteiger partial charge in [-0.3, -0.25) is 9.59 Å². The predicted octanol–water partition coefficient (Wildman–Crippen LogP) is 8.64. The number of unbranched alkanes of at least 4 members (excludes halogenated alkanes) is 1. The maximum atomic E-state index is 13.1. The van der Waals surface area contributed by atoms with E-state index < -0.39 is 5.97 Å². The van der Waals surface area contributed by atoms with Gasteiger partial charge in [0.15, 0.2) is 6.29 Å². The second kappa shape index (κ2) is 13.2. The van der Waals surface area contributed by atoms with E-state index in [1.165, 1.54) is 0 Å². The number of hydrogen-bond donors (Lipinski definition) is 0. The molecule has 0 aliphatic rings. The molecule has 0 radical (unpaired) electrons. The van der Waals surface area contributed by atoms with Crippen molar-refractivity contribution >= 4 is 50.5 Å². The zero-order chi connectivity index (χ0) is 30.5. The van der Waals surface area contributed by atoms with Gasteiger partial charge in [0.05, 0.1) is 24.7 Å². The molecule has 0 heterocycles. The highest BCUT2D eigenvalue weighted by molar-refractivity contribution is 6.26. The largest absolute Gasteiger partial charge is 0.494 e. The summed E-state index contributed by atoms with van der Waals surface area (Å²) in [5.74, 6) is 1.19. The summed E-state index contributed by atoms with van der Waals surface area (Å²) in [5.41, 5.74) is 1.04. The van der Waals surface area contributed by atoms with Crippen molar-refractivity contribution in [1.29, 1.82) is 0 Å². The highest BCUT2D eigenvalue weighted by atomic mass is 16.5. The smallest absolute Gasteiger partial charge is 0.343 e. The van der Waals surface area contributed by atoms with Crippen LogP contribution < -0.4 is 9.47 Å². The van der Waals surface area contributed by atoms with Crippen molar-refractivity contribution in [2.75, 3.05) is 13.2 Å². The standard InChI is InChI=1S/C37H38O6/c1-23(2)21-32(24(3)4)37(40)42-20-6-5-19-41-29-14-9-27(10-15-29)36(39)43-33-18-13-26-11-16-30-28(22-38)8-7-25-12-17-31(33)35(26)34(25)30/h7-18,22-24,32H,5-6,19-21H2,1-4H3. The molecule has 6 nitrogen and oxygen atoms in total. The first-order valence-corrected chi connectivity index (χ1v) is 15.0. The monoisotopic (exact) mass is 578 g/mol. The van der Waals surface area contributed by atoms with Crippen LogP contribution in [0.2, 0.25) is 0 Å². The molecule has 0 saturated heterocycles. The average molecular weight is 579 g/mol. The van der Waals surface area contributed by atoms with E-state index in [1.807, 2.05) is 48.5 Å². The first-order valence-electron chi connectivity index (χ1n) is 15.0. The van der Waals surface area contributed by atoms with Gasteiger partial charge in [0.25, 0.3) is 0 Å². The number of hydrogen-bond acceptors (Lipinski definition) is 6. The van der Waals surface area contributed by atoms with Gasteiger partial charge in [0.2, 0.25) is 0 Å². The van der Waals surface area contributed by atoms with Crippen molar-refractivity contribution in [3.05, 3.63) is 83.9 Å². The van der Waals surface area contributed by atoms with E-state index >= 15 is 0 Å². The molecule has 0 aliphatic heterocycles. The Balaban J connectivity index is 1.16. The van der Waals surface area contributed by atoms with Crippen LogP contribution in [0.4, 0.5) is 0 Å². The summed E-state index contributed by atoms with van der Waals surface area (Å²) < 4.78 is 17.2. The summed E-state index contributed by atoms with van der Waals surface area (Å²) in [4.78, 5) is 37.2. The molecule has 5 aromatic carbocycles. The van der Waals surface area contributed by atoms with E-state index in [0.717, 1.165) is 57.9 Å². The molecule has 1 unspecified atom stereocenters. The fourth-order valence-electron chi connectivity index (χ4n) is 5.66. The van der Waals surface area contributed by atoms with Crippen LogP contribution in [0.15, 0.2) is 72.8 Å². The first-order chi connectivity index (χ1) is 20.8. The normalized spacial score (nSPS) is 12.3. The molecule has 0 aliphatic carbocycles. The molecular formula is C37H38O6. The minimum atomic E-state index is -0.464. The average Bonchev–Trinajstić information content (AvgIpc) is 3.00. The summed E-state index contributed by atoms with van der Waals surface area (Å²) in [5, 5.41) is 5.70. The third-order valence-corrected chi connectivity index (χ3v) is 7.96. The van der Waals surface area contributed by atoms with Crippen molar-refractivity contribution < 1.29 is 28.6 Å². The van der Waals surface area contributed by atoms with Gasteiger partial charge < -0.3 is 14.2 Å². The molecule has 43 heavy (non-hydrogen) atoms. The van der Waals surface area contributed by atoms with Crippen molar-refractivity contribution in [2.24, 2.45) is 17.8 Å². The molecule has 0 spiro atoms. The van der Waals surface area contributed by atoms with E-state index in [1.54, 1.807) is 24.3 Å². The van der Waals surface area contributed by atoms with Crippen molar-refractivity contribution in [3.8, 4) is 11.5 Å². The van der Waals surface area contributed by atoms with Crippen LogP contribution in [0.25, 0.3) is 32.3 Å². The number of aldehydes is 1. The number of esters is 2. The van der Waals surface area contributed by atoms with Crippen LogP contribution in [0.1, 0.15) is 67.7 Å². The Bertz CT molecular complexity index is 1730. The summed E-state index contributed by atoms with van der Waals surface area (Å²) in [6.45, 7) is 9.23. The maximum Gasteiger partial charge on any atom is 0.343 e. The molecule has 0 fully saturated rings.